The van der Waals surface area contributed by atoms with Crippen LogP contribution in [0.3, 0.4) is 0 Å². The third-order valence-corrected chi connectivity index (χ3v) is 7.85. The molecule has 2 aromatic rings. The lowest BCUT2D eigenvalue weighted by molar-refractivity contribution is -0.192. The Bertz CT molecular complexity index is 1200. The van der Waals surface area contributed by atoms with Crippen molar-refractivity contribution < 1.29 is 40.7 Å². The number of hydrogen-bond donors (Lipinski definition) is 3. The molecule has 0 unspecified atom stereocenters. The molecule has 0 radical (unpaired) electrons. The number of carboxylic acids is 1. The number of amides is 1. The van der Waals surface area contributed by atoms with Crippen LogP contribution in [-0.4, -0.2) is 37.6 Å². The van der Waals surface area contributed by atoms with Crippen LogP contribution in [0.25, 0.3) is 0 Å². The topological polar surface area (TPSA) is 113 Å². The third-order valence-electron chi connectivity index (χ3n) is 6.43. The van der Waals surface area contributed by atoms with E-state index in [1.807, 2.05) is 0 Å². The Morgan fingerprint density at radius 2 is 1.46 bits per heavy atom. The number of sulfonamides is 1. The molecule has 2 aliphatic rings. The first-order valence-electron chi connectivity index (χ1n) is 11.8. The second-order valence-electron chi connectivity index (χ2n) is 9.16. The third kappa shape index (κ3) is 7.43. The summed E-state index contributed by atoms with van der Waals surface area (Å²) < 4.78 is 72.9. The van der Waals surface area contributed by atoms with Crippen LogP contribution in [0.15, 0.2) is 53.4 Å². The molecule has 0 atom stereocenters. The van der Waals surface area contributed by atoms with Crippen LogP contribution in [-0.2, 0) is 25.0 Å². The predicted molar refractivity (Wildman–Crippen MR) is 128 cm³/mol. The summed E-state index contributed by atoms with van der Waals surface area (Å²) in [5.41, 5.74) is 0.722. The number of rotatable bonds is 6. The fourth-order valence-corrected chi connectivity index (χ4v) is 5.39. The molecule has 2 saturated carbocycles. The minimum absolute atomic E-state index is 0.0779. The number of carboxylic acid groups (broad SMARTS) is 1. The standard InChI is InChI=1S/C23H27FN2O3S.C2HF3O2/c24-20-9-5-6-10-21(20)30(28,29)26-19-13-11-17(12-14-19)23(15-16-23)22(27)25-18-7-3-1-2-4-8-18;3-2(4,5)1(6)7/h5-6,9-14,18,26H,1-4,7-8,15-16H2,(H,25,27);(H,6,7). The molecule has 37 heavy (non-hydrogen) atoms. The minimum atomic E-state index is -5.08. The minimum Gasteiger partial charge on any atom is -0.475 e. The number of benzene rings is 2. The summed E-state index contributed by atoms with van der Waals surface area (Å²) in [5.74, 6) is -3.48. The number of nitrogens with one attached hydrogen (secondary N) is 2. The van der Waals surface area contributed by atoms with Crippen molar-refractivity contribution in [3.63, 3.8) is 0 Å². The Morgan fingerprint density at radius 3 is 1.95 bits per heavy atom. The number of carbonyl (C=O) groups is 2. The monoisotopic (exact) mass is 544 g/mol. The Morgan fingerprint density at radius 1 is 0.919 bits per heavy atom. The van der Waals surface area contributed by atoms with Crippen molar-refractivity contribution in [3.05, 3.63) is 59.9 Å². The normalized spacial score (nSPS) is 17.5. The molecule has 1 amide bonds. The highest BCUT2D eigenvalue weighted by atomic mass is 32.2. The molecule has 202 valence electrons. The zero-order valence-corrected chi connectivity index (χ0v) is 20.7. The molecule has 0 aliphatic heterocycles. The van der Waals surface area contributed by atoms with Crippen molar-refractivity contribution in [2.24, 2.45) is 0 Å². The maximum atomic E-state index is 13.9. The average Bonchev–Trinajstić information content (AvgIpc) is 3.65. The molecule has 0 saturated heterocycles. The lowest BCUT2D eigenvalue weighted by Gasteiger charge is -2.22. The van der Waals surface area contributed by atoms with E-state index in [1.54, 1.807) is 24.3 Å². The molecule has 0 heterocycles. The highest BCUT2D eigenvalue weighted by Crippen LogP contribution is 2.49. The quantitative estimate of drug-likeness (QED) is 0.345. The number of aliphatic carboxylic acids is 1. The molecule has 0 aromatic heterocycles. The zero-order chi connectivity index (χ0) is 27.3. The maximum absolute atomic E-state index is 13.9. The lowest BCUT2D eigenvalue weighted by Crippen LogP contribution is -2.41. The Kier molecular flexibility index (Phi) is 8.83. The molecule has 3 N–H and O–H groups in total. The van der Waals surface area contributed by atoms with Gasteiger partial charge in [0.2, 0.25) is 5.91 Å². The van der Waals surface area contributed by atoms with Gasteiger partial charge in [0, 0.05) is 11.7 Å². The number of anilines is 1. The van der Waals surface area contributed by atoms with E-state index in [9.17, 15) is 30.8 Å². The first-order chi connectivity index (χ1) is 17.3. The van der Waals surface area contributed by atoms with E-state index in [2.05, 4.69) is 10.0 Å². The summed E-state index contributed by atoms with van der Waals surface area (Å²) in [4.78, 5) is 21.5. The van der Waals surface area contributed by atoms with Crippen molar-refractivity contribution in [1.29, 1.82) is 0 Å². The van der Waals surface area contributed by atoms with E-state index in [1.165, 1.54) is 31.0 Å². The molecule has 0 bridgehead atoms. The van der Waals surface area contributed by atoms with Crippen molar-refractivity contribution in [2.45, 2.75) is 73.9 Å². The van der Waals surface area contributed by atoms with Gasteiger partial charge in [-0.05, 0) is 55.5 Å². The van der Waals surface area contributed by atoms with Gasteiger partial charge in [-0.3, -0.25) is 9.52 Å². The van der Waals surface area contributed by atoms with Gasteiger partial charge >= 0.3 is 12.1 Å². The highest BCUT2D eigenvalue weighted by Gasteiger charge is 2.51. The van der Waals surface area contributed by atoms with Gasteiger partial charge in [0.05, 0.1) is 5.41 Å². The van der Waals surface area contributed by atoms with E-state index in [-0.39, 0.29) is 11.9 Å². The molecular weight excluding hydrogens is 516 g/mol. The SMILES string of the molecule is O=C(NC1CCCCCC1)C1(c2ccc(NS(=O)(=O)c3ccccc3F)cc2)CC1.O=C(O)C(F)(F)F. The van der Waals surface area contributed by atoms with Crippen LogP contribution in [0.1, 0.15) is 56.9 Å². The first-order valence-corrected chi connectivity index (χ1v) is 13.3. The fraction of sp³-hybridized carbons (Fsp3) is 0.440. The van der Waals surface area contributed by atoms with Crippen LogP contribution < -0.4 is 10.0 Å². The fourth-order valence-electron chi connectivity index (χ4n) is 4.25. The van der Waals surface area contributed by atoms with Crippen molar-refractivity contribution in [1.82, 2.24) is 5.32 Å². The lowest BCUT2D eigenvalue weighted by atomic mass is 9.94. The Hall–Kier alpha value is -3.15. The second-order valence-corrected chi connectivity index (χ2v) is 10.8. The van der Waals surface area contributed by atoms with Gasteiger partial charge < -0.3 is 10.4 Å². The zero-order valence-electron chi connectivity index (χ0n) is 19.9. The van der Waals surface area contributed by atoms with Crippen LogP contribution in [0.2, 0.25) is 0 Å². The maximum Gasteiger partial charge on any atom is 0.490 e. The van der Waals surface area contributed by atoms with Gasteiger partial charge in [-0.1, -0.05) is 49.9 Å². The smallest absolute Gasteiger partial charge is 0.475 e. The van der Waals surface area contributed by atoms with Gasteiger partial charge in [-0.25, -0.2) is 17.6 Å². The van der Waals surface area contributed by atoms with Gasteiger partial charge in [0.1, 0.15) is 10.7 Å². The number of halogens is 4. The molecule has 0 spiro atoms. The van der Waals surface area contributed by atoms with Gasteiger partial charge in [0.25, 0.3) is 10.0 Å². The van der Waals surface area contributed by atoms with E-state index < -0.39 is 38.3 Å². The Labute approximate surface area is 212 Å². The van der Waals surface area contributed by atoms with E-state index in [4.69, 9.17) is 9.90 Å². The van der Waals surface area contributed by atoms with Crippen LogP contribution >= 0.6 is 0 Å². The highest BCUT2D eigenvalue weighted by molar-refractivity contribution is 7.92. The van der Waals surface area contributed by atoms with E-state index >= 15 is 0 Å². The molecule has 7 nitrogen and oxygen atoms in total. The molecule has 2 fully saturated rings. The van der Waals surface area contributed by atoms with Gasteiger partial charge in [-0.15, -0.1) is 0 Å². The van der Waals surface area contributed by atoms with E-state index in [0.717, 1.165) is 50.2 Å². The first kappa shape index (κ1) is 28.4. The largest absolute Gasteiger partial charge is 0.490 e. The number of carbonyl (C=O) groups excluding carboxylic acids is 1. The van der Waals surface area contributed by atoms with Crippen LogP contribution in [0, 0.1) is 5.82 Å². The molecule has 2 aliphatic carbocycles. The molecule has 12 heteroatoms. The molecular formula is C25H28F4N2O5S. The van der Waals surface area contributed by atoms with Crippen LogP contribution in [0.5, 0.6) is 0 Å². The molecule has 4 rings (SSSR count). The average molecular weight is 545 g/mol. The summed E-state index contributed by atoms with van der Waals surface area (Å²) in [6.07, 6.45) is 3.39. The van der Waals surface area contributed by atoms with Gasteiger partial charge in [-0.2, -0.15) is 13.2 Å². The van der Waals surface area contributed by atoms with Crippen molar-refractivity contribution >= 4 is 27.6 Å². The van der Waals surface area contributed by atoms with Crippen molar-refractivity contribution in [2.75, 3.05) is 4.72 Å². The van der Waals surface area contributed by atoms with Gasteiger partial charge in [0.15, 0.2) is 0 Å². The summed E-state index contributed by atoms with van der Waals surface area (Å²) >= 11 is 0. The summed E-state index contributed by atoms with van der Waals surface area (Å²) in [6.45, 7) is 0. The van der Waals surface area contributed by atoms with Crippen LogP contribution in [0.4, 0.5) is 23.2 Å². The number of hydrogen-bond acceptors (Lipinski definition) is 4. The summed E-state index contributed by atoms with van der Waals surface area (Å²) in [5, 5.41) is 10.4. The predicted octanol–water partition coefficient (Wildman–Crippen LogP) is 5.13. The summed E-state index contributed by atoms with van der Waals surface area (Å²) in [6, 6.07) is 12.4. The summed E-state index contributed by atoms with van der Waals surface area (Å²) in [7, 11) is -4.02. The Balaban J connectivity index is 0.000000479. The number of alkyl halides is 3. The molecule has 2 aromatic carbocycles. The van der Waals surface area contributed by atoms with E-state index in [0.29, 0.717) is 5.69 Å². The van der Waals surface area contributed by atoms with Crippen molar-refractivity contribution in [3.8, 4) is 0 Å². The second kappa shape index (κ2) is 11.5.